The maximum Gasteiger partial charge on any atom is 0.325 e. The number of halogens is 1. The highest BCUT2D eigenvalue weighted by Gasteiger charge is 2.16. The van der Waals surface area contributed by atoms with Crippen molar-refractivity contribution in [3.8, 4) is 0 Å². The summed E-state index contributed by atoms with van der Waals surface area (Å²) in [5, 5.41) is 11.5. The Morgan fingerprint density at radius 3 is 2.62 bits per heavy atom. The van der Waals surface area contributed by atoms with Gasteiger partial charge in [0.1, 0.15) is 6.04 Å². The van der Waals surface area contributed by atoms with Crippen LogP contribution in [-0.2, 0) is 4.79 Å². The number of rotatable bonds is 3. The zero-order chi connectivity index (χ0) is 12.3. The Morgan fingerprint density at radius 2 is 2.06 bits per heavy atom. The molecule has 0 radical (unpaired) electrons. The van der Waals surface area contributed by atoms with Gasteiger partial charge in [-0.3, -0.25) is 9.59 Å². The maximum atomic E-state index is 11.7. The van der Waals surface area contributed by atoms with Crippen LogP contribution in [0.1, 0.15) is 22.8 Å². The Balaban J connectivity index is 2.88. The van der Waals surface area contributed by atoms with Crippen LogP contribution in [-0.4, -0.2) is 23.0 Å². The zero-order valence-electron chi connectivity index (χ0n) is 8.95. The molecule has 0 bridgehead atoms. The van der Waals surface area contributed by atoms with Crippen LogP contribution >= 0.6 is 11.6 Å². The van der Waals surface area contributed by atoms with Gasteiger partial charge in [-0.25, -0.2) is 0 Å². The van der Waals surface area contributed by atoms with E-state index in [4.69, 9.17) is 16.7 Å². The van der Waals surface area contributed by atoms with Crippen LogP contribution in [0.15, 0.2) is 18.2 Å². The van der Waals surface area contributed by atoms with Gasteiger partial charge in [-0.05, 0) is 31.5 Å². The third kappa shape index (κ3) is 2.97. The Labute approximate surface area is 98.2 Å². The smallest absolute Gasteiger partial charge is 0.325 e. The number of carboxylic acids is 1. The summed E-state index contributed by atoms with van der Waals surface area (Å²) < 4.78 is 0. The number of carboxylic acid groups (broad SMARTS) is 1. The molecule has 0 aromatic heterocycles. The number of benzene rings is 1. The molecule has 0 saturated heterocycles. The molecule has 0 fully saturated rings. The van der Waals surface area contributed by atoms with Crippen molar-refractivity contribution in [1.29, 1.82) is 0 Å². The lowest BCUT2D eigenvalue weighted by molar-refractivity contribution is -0.138. The van der Waals surface area contributed by atoms with Crippen LogP contribution in [0.5, 0.6) is 0 Å². The van der Waals surface area contributed by atoms with Gasteiger partial charge in [0.2, 0.25) is 0 Å². The molecular formula is C11H12ClNO3. The predicted molar refractivity (Wildman–Crippen MR) is 60.8 cm³/mol. The average molecular weight is 242 g/mol. The largest absolute Gasteiger partial charge is 0.480 e. The van der Waals surface area contributed by atoms with Crippen molar-refractivity contribution in [3.05, 3.63) is 34.3 Å². The molecule has 0 heterocycles. The fourth-order valence-corrected chi connectivity index (χ4v) is 1.35. The molecular weight excluding hydrogens is 230 g/mol. The number of carbonyl (C=O) groups is 2. The predicted octanol–water partition coefficient (Wildman–Crippen LogP) is 1.85. The highest BCUT2D eigenvalue weighted by Crippen LogP contribution is 2.15. The van der Waals surface area contributed by atoms with E-state index in [1.807, 2.05) is 0 Å². The molecule has 2 N–H and O–H groups in total. The minimum Gasteiger partial charge on any atom is -0.480 e. The number of aryl methyl sites for hydroxylation is 1. The monoisotopic (exact) mass is 241 g/mol. The number of hydrogen-bond donors (Lipinski definition) is 2. The molecule has 1 rings (SSSR count). The topological polar surface area (TPSA) is 66.4 Å². The third-order valence-electron chi connectivity index (χ3n) is 2.16. The number of hydrogen-bond acceptors (Lipinski definition) is 2. The zero-order valence-corrected chi connectivity index (χ0v) is 9.71. The van der Waals surface area contributed by atoms with Crippen LogP contribution in [0.2, 0.25) is 5.02 Å². The lowest BCUT2D eigenvalue weighted by Crippen LogP contribution is -2.38. The van der Waals surface area contributed by atoms with Crippen molar-refractivity contribution in [3.63, 3.8) is 0 Å². The normalized spacial score (nSPS) is 11.9. The van der Waals surface area contributed by atoms with Gasteiger partial charge in [-0.2, -0.15) is 0 Å². The lowest BCUT2D eigenvalue weighted by Gasteiger charge is -2.11. The summed E-state index contributed by atoms with van der Waals surface area (Å²) in [6.45, 7) is 3.16. The Kier molecular flexibility index (Phi) is 3.90. The van der Waals surface area contributed by atoms with E-state index in [2.05, 4.69) is 5.32 Å². The number of amides is 1. The number of carbonyl (C=O) groups excluding carboxylic acids is 1. The minimum absolute atomic E-state index is 0.389. The molecule has 86 valence electrons. The molecule has 0 aliphatic heterocycles. The van der Waals surface area contributed by atoms with Gasteiger partial charge in [0.05, 0.1) is 0 Å². The second-order valence-corrected chi connectivity index (χ2v) is 3.93. The first-order valence-electron chi connectivity index (χ1n) is 4.71. The summed E-state index contributed by atoms with van der Waals surface area (Å²) in [7, 11) is 0. The Morgan fingerprint density at radius 1 is 1.44 bits per heavy atom. The van der Waals surface area contributed by atoms with Gasteiger partial charge in [0.25, 0.3) is 5.91 Å². The van der Waals surface area contributed by atoms with Gasteiger partial charge < -0.3 is 10.4 Å². The van der Waals surface area contributed by atoms with Crippen molar-refractivity contribution in [2.45, 2.75) is 19.9 Å². The second kappa shape index (κ2) is 4.99. The van der Waals surface area contributed by atoms with E-state index in [9.17, 15) is 9.59 Å². The molecule has 1 aromatic carbocycles. The summed E-state index contributed by atoms with van der Waals surface area (Å²) in [4.78, 5) is 22.3. The van der Waals surface area contributed by atoms with Crippen LogP contribution in [0, 0.1) is 6.92 Å². The minimum atomic E-state index is -1.08. The summed E-state index contributed by atoms with van der Waals surface area (Å²) >= 11 is 5.76. The van der Waals surface area contributed by atoms with E-state index >= 15 is 0 Å². The Hall–Kier alpha value is -1.55. The van der Waals surface area contributed by atoms with E-state index in [1.54, 1.807) is 19.1 Å². The summed E-state index contributed by atoms with van der Waals surface area (Å²) in [5.41, 5.74) is 1.14. The molecule has 1 amide bonds. The maximum absolute atomic E-state index is 11.7. The number of nitrogens with one attached hydrogen (secondary N) is 1. The fourth-order valence-electron chi connectivity index (χ4n) is 1.17. The molecule has 0 aliphatic carbocycles. The van der Waals surface area contributed by atoms with Crippen LogP contribution < -0.4 is 5.32 Å². The van der Waals surface area contributed by atoms with Crippen molar-refractivity contribution < 1.29 is 14.7 Å². The first-order valence-corrected chi connectivity index (χ1v) is 5.09. The Bertz CT molecular complexity index is 431. The molecule has 0 aliphatic rings. The average Bonchev–Trinajstić information content (AvgIpc) is 2.21. The van der Waals surface area contributed by atoms with Crippen LogP contribution in [0.3, 0.4) is 0 Å². The molecule has 1 atom stereocenters. The second-order valence-electron chi connectivity index (χ2n) is 3.49. The molecule has 4 nitrogen and oxygen atoms in total. The van der Waals surface area contributed by atoms with Crippen molar-refractivity contribution in [2.24, 2.45) is 0 Å². The van der Waals surface area contributed by atoms with Crippen molar-refractivity contribution >= 4 is 23.5 Å². The highest BCUT2D eigenvalue weighted by atomic mass is 35.5. The third-order valence-corrected chi connectivity index (χ3v) is 2.40. The molecule has 1 aromatic rings. The first kappa shape index (κ1) is 12.5. The quantitative estimate of drug-likeness (QED) is 0.849. The van der Waals surface area contributed by atoms with Crippen LogP contribution in [0.25, 0.3) is 0 Å². The fraction of sp³-hybridized carbons (Fsp3) is 0.273. The SMILES string of the molecule is Cc1ccc(Cl)cc1C(=O)NC(C)C(=O)O. The highest BCUT2D eigenvalue weighted by molar-refractivity contribution is 6.31. The van der Waals surface area contributed by atoms with Gasteiger partial charge in [-0.1, -0.05) is 17.7 Å². The summed E-state index contributed by atoms with van der Waals surface area (Å²) in [5.74, 6) is -1.51. The van der Waals surface area contributed by atoms with E-state index in [-0.39, 0.29) is 0 Å². The van der Waals surface area contributed by atoms with Gasteiger partial charge in [0, 0.05) is 10.6 Å². The van der Waals surface area contributed by atoms with Gasteiger partial charge in [-0.15, -0.1) is 0 Å². The molecule has 1 unspecified atom stereocenters. The molecule has 5 heteroatoms. The van der Waals surface area contributed by atoms with Gasteiger partial charge in [0.15, 0.2) is 0 Å². The molecule has 0 saturated carbocycles. The van der Waals surface area contributed by atoms with E-state index in [0.717, 1.165) is 5.56 Å². The van der Waals surface area contributed by atoms with E-state index < -0.39 is 17.9 Å². The molecule has 16 heavy (non-hydrogen) atoms. The first-order chi connectivity index (χ1) is 7.41. The standard InChI is InChI=1S/C11H12ClNO3/c1-6-3-4-8(12)5-9(6)10(14)13-7(2)11(15)16/h3-5,7H,1-2H3,(H,13,14)(H,15,16). The summed E-state index contributed by atoms with van der Waals surface area (Å²) in [6.07, 6.45) is 0. The van der Waals surface area contributed by atoms with E-state index in [0.29, 0.717) is 10.6 Å². The number of aliphatic carboxylic acids is 1. The molecule has 0 spiro atoms. The van der Waals surface area contributed by atoms with Crippen molar-refractivity contribution in [2.75, 3.05) is 0 Å². The van der Waals surface area contributed by atoms with Crippen molar-refractivity contribution in [1.82, 2.24) is 5.32 Å². The lowest BCUT2D eigenvalue weighted by atomic mass is 10.1. The summed E-state index contributed by atoms with van der Waals surface area (Å²) in [6, 6.07) is 3.98. The van der Waals surface area contributed by atoms with Crippen LogP contribution in [0.4, 0.5) is 0 Å². The van der Waals surface area contributed by atoms with Gasteiger partial charge >= 0.3 is 5.97 Å². The van der Waals surface area contributed by atoms with E-state index in [1.165, 1.54) is 13.0 Å².